The molecule has 0 amide bonds. The monoisotopic (exact) mass is 231 g/mol. The van der Waals surface area contributed by atoms with E-state index < -0.39 is 0 Å². The van der Waals surface area contributed by atoms with E-state index in [1.54, 1.807) is 12.4 Å². The van der Waals surface area contributed by atoms with Gasteiger partial charge in [-0.05, 0) is 17.9 Å². The fraction of sp³-hybridized carbons (Fsp3) is 0.385. The quantitative estimate of drug-likeness (QED) is 0.863. The molecule has 0 aromatic carbocycles. The minimum absolute atomic E-state index is 0.139. The summed E-state index contributed by atoms with van der Waals surface area (Å²) in [7, 11) is 0. The highest BCUT2D eigenvalue weighted by Crippen LogP contribution is 2.32. The van der Waals surface area contributed by atoms with Crippen molar-refractivity contribution in [3.05, 3.63) is 30.2 Å². The fourth-order valence-corrected chi connectivity index (χ4v) is 1.78. The molecule has 2 aromatic rings. The maximum Gasteiger partial charge on any atom is 0.230 e. The zero-order valence-electron chi connectivity index (χ0n) is 10.4. The third-order valence-electron chi connectivity index (χ3n) is 2.44. The molecule has 17 heavy (non-hydrogen) atoms. The van der Waals surface area contributed by atoms with Crippen molar-refractivity contribution in [2.45, 2.75) is 27.2 Å². The second kappa shape index (κ2) is 4.20. The van der Waals surface area contributed by atoms with Gasteiger partial charge in [-0.15, -0.1) is 0 Å². The summed E-state index contributed by atoms with van der Waals surface area (Å²) in [5.74, 6) is 0.359. The first-order chi connectivity index (χ1) is 7.97. The average molecular weight is 231 g/mol. The summed E-state index contributed by atoms with van der Waals surface area (Å²) >= 11 is 0. The van der Waals surface area contributed by atoms with Gasteiger partial charge in [0.1, 0.15) is 0 Å². The van der Waals surface area contributed by atoms with E-state index in [1.165, 1.54) is 0 Å². The summed E-state index contributed by atoms with van der Waals surface area (Å²) in [6.45, 7) is 6.47. The van der Waals surface area contributed by atoms with Gasteiger partial charge < -0.3 is 10.3 Å². The fourth-order valence-electron chi connectivity index (χ4n) is 1.78. The molecule has 0 spiro atoms. The van der Waals surface area contributed by atoms with Crippen LogP contribution in [0.15, 0.2) is 29.0 Å². The highest BCUT2D eigenvalue weighted by molar-refractivity contribution is 5.74. The van der Waals surface area contributed by atoms with E-state index in [0.717, 1.165) is 23.2 Å². The van der Waals surface area contributed by atoms with E-state index in [2.05, 4.69) is 30.9 Å². The minimum atomic E-state index is 0.139. The van der Waals surface area contributed by atoms with Crippen LogP contribution in [0.1, 0.15) is 26.5 Å². The van der Waals surface area contributed by atoms with Crippen molar-refractivity contribution in [3.8, 4) is 11.1 Å². The zero-order chi connectivity index (χ0) is 12.5. The molecule has 0 unspecified atom stereocenters. The summed E-state index contributed by atoms with van der Waals surface area (Å²) in [5.41, 5.74) is 8.68. The van der Waals surface area contributed by atoms with Gasteiger partial charge in [0.05, 0.1) is 11.3 Å². The molecular formula is C13H17N3O. The third-order valence-corrected chi connectivity index (χ3v) is 2.44. The molecule has 0 saturated carbocycles. The summed E-state index contributed by atoms with van der Waals surface area (Å²) in [4.78, 5) is 4.09. The Kier molecular flexibility index (Phi) is 2.88. The first kappa shape index (κ1) is 11.6. The van der Waals surface area contributed by atoms with E-state index >= 15 is 0 Å². The summed E-state index contributed by atoms with van der Waals surface area (Å²) in [5, 5.41) is 4.05. The van der Waals surface area contributed by atoms with Crippen molar-refractivity contribution in [2.75, 3.05) is 5.73 Å². The molecule has 2 N–H and O–H groups in total. The lowest BCUT2D eigenvalue weighted by atomic mass is 9.88. The van der Waals surface area contributed by atoms with Crippen LogP contribution in [0.4, 0.5) is 5.88 Å². The van der Waals surface area contributed by atoms with Crippen LogP contribution in [0, 0.1) is 5.41 Å². The second-order valence-corrected chi connectivity index (χ2v) is 5.35. The van der Waals surface area contributed by atoms with E-state index in [1.807, 2.05) is 12.1 Å². The number of nitrogen functional groups attached to an aromatic ring is 1. The maximum absolute atomic E-state index is 5.84. The molecule has 0 aliphatic heterocycles. The third kappa shape index (κ3) is 2.64. The Hall–Kier alpha value is -1.84. The van der Waals surface area contributed by atoms with E-state index in [-0.39, 0.29) is 5.41 Å². The Labute approximate surface area is 101 Å². The standard InChI is InChI=1S/C13H17N3O/c1-13(2,3)7-10-11(12(14)17-16-10)9-5-4-6-15-8-9/h4-6,8H,7,14H2,1-3H3. The van der Waals surface area contributed by atoms with Gasteiger partial charge in [0, 0.05) is 18.0 Å². The normalized spacial score (nSPS) is 11.7. The average Bonchev–Trinajstić information content (AvgIpc) is 2.58. The number of hydrogen-bond donors (Lipinski definition) is 1. The lowest BCUT2D eigenvalue weighted by Crippen LogP contribution is -2.10. The Balaban J connectivity index is 2.44. The summed E-state index contributed by atoms with van der Waals surface area (Å²) in [6, 6.07) is 3.84. The Morgan fingerprint density at radius 1 is 1.35 bits per heavy atom. The van der Waals surface area contributed by atoms with Crippen LogP contribution < -0.4 is 5.73 Å². The number of nitrogens with two attached hydrogens (primary N) is 1. The van der Waals surface area contributed by atoms with Crippen LogP contribution in [0.25, 0.3) is 11.1 Å². The number of rotatable bonds is 2. The largest absolute Gasteiger partial charge is 0.367 e. The lowest BCUT2D eigenvalue weighted by molar-refractivity contribution is 0.377. The number of hydrogen-bond acceptors (Lipinski definition) is 4. The summed E-state index contributed by atoms with van der Waals surface area (Å²) in [6.07, 6.45) is 4.32. The van der Waals surface area contributed by atoms with Crippen molar-refractivity contribution < 1.29 is 4.52 Å². The van der Waals surface area contributed by atoms with Crippen molar-refractivity contribution in [1.82, 2.24) is 10.1 Å². The van der Waals surface area contributed by atoms with Gasteiger partial charge >= 0.3 is 0 Å². The molecule has 0 radical (unpaired) electrons. The second-order valence-electron chi connectivity index (χ2n) is 5.35. The van der Waals surface area contributed by atoms with Crippen LogP contribution in [0.5, 0.6) is 0 Å². The van der Waals surface area contributed by atoms with E-state index in [0.29, 0.717) is 5.88 Å². The van der Waals surface area contributed by atoms with E-state index in [9.17, 15) is 0 Å². The van der Waals surface area contributed by atoms with Gasteiger partial charge in [0.2, 0.25) is 5.88 Å². The van der Waals surface area contributed by atoms with Crippen molar-refractivity contribution in [1.29, 1.82) is 0 Å². The van der Waals surface area contributed by atoms with Crippen molar-refractivity contribution >= 4 is 5.88 Å². The zero-order valence-corrected chi connectivity index (χ0v) is 10.4. The smallest absolute Gasteiger partial charge is 0.230 e. The molecule has 4 heteroatoms. The van der Waals surface area contributed by atoms with Crippen LogP contribution >= 0.6 is 0 Å². The van der Waals surface area contributed by atoms with Gasteiger partial charge in [-0.1, -0.05) is 32.0 Å². The topological polar surface area (TPSA) is 64.9 Å². The molecule has 2 aromatic heterocycles. The first-order valence-corrected chi connectivity index (χ1v) is 5.62. The van der Waals surface area contributed by atoms with Gasteiger partial charge in [-0.2, -0.15) is 0 Å². The van der Waals surface area contributed by atoms with Crippen LogP contribution in [0.2, 0.25) is 0 Å². The van der Waals surface area contributed by atoms with Gasteiger partial charge in [0.25, 0.3) is 0 Å². The number of nitrogens with zero attached hydrogens (tertiary/aromatic N) is 2. The Bertz CT molecular complexity index is 497. The lowest BCUT2D eigenvalue weighted by Gasteiger charge is -2.16. The number of pyridine rings is 1. The molecule has 0 fully saturated rings. The minimum Gasteiger partial charge on any atom is -0.367 e. The highest BCUT2D eigenvalue weighted by Gasteiger charge is 2.21. The highest BCUT2D eigenvalue weighted by atomic mass is 16.5. The molecule has 0 saturated heterocycles. The number of aromatic nitrogens is 2. The molecule has 0 aliphatic rings. The van der Waals surface area contributed by atoms with Crippen LogP contribution in [-0.4, -0.2) is 10.1 Å². The SMILES string of the molecule is CC(C)(C)Cc1noc(N)c1-c1cccnc1. The molecule has 4 nitrogen and oxygen atoms in total. The summed E-state index contributed by atoms with van der Waals surface area (Å²) < 4.78 is 5.10. The van der Waals surface area contributed by atoms with Gasteiger partial charge in [-0.3, -0.25) is 4.98 Å². The molecule has 0 atom stereocenters. The Morgan fingerprint density at radius 3 is 2.71 bits per heavy atom. The van der Waals surface area contributed by atoms with Crippen LogP contribution in [0.3, 0.4) is 0 Å². The molecule has 0 aliphatic carbocycles. The molecular weight excluding hydrogens is 214 g/mol. The predicted molar refractivity (Wildman–Crippen MR) is 67.3 cm³/mol. The molecule has 0 bridgehead atoms. The predicted octanol–water partition coefficient (Wildman–Crippen LogP) is 2.91. The van der Waals surface area contributed by atoms with Crippen LogP contribution in [-0.2, 0) is 6.42 Å². The maximum atomic E-state index is 5.84. The molecule has 90 valence electrons. The van der Waals surface area contributed by atoms with Crippen molar-refractivity contribution in [3.63, 3.8) is 0 Å². The Morgan fingerprint density at radius 2 is 2.12 bits per heavy atom. The van der Waals surface area contributed by atoms with Crippen molar-refractivity contribution in [2.24, 2.45) is 5.41 Å². The van der Waals surface area contributed by atoms with Gasteiger partial charge in [-0.25, -0.2) is 0 Å². The first-order valence-electron chi connectivity index (χ1n) is 5.62. The molecule has 2 heterocycles. The number of anilines is 1. The van der Waals surface area contributed by atoms with E-state index in [4.69, 9.17) is 10.3 Å². The van der Waals surface area contributed by atoms with Gasteiger partial charge in [0.15, 0.2) is 0 Å². The molecule has 2 rings (SSSR count).